The van der Waals surface area contributed by atoms with E-state index < -0.39 is 27.5 Å². The van der Waals surface area contributed by atoms with Gasteiger partial charge in [-0.3, -0.25) is 4.79 Å². The third-order valence-corrected chi connectivity index (χ3v) is 9.17. The van der Waals surface area contributed by atoms with Crippen LogP contribution in [0.15, 0.2) is 65.0 Å². The molecule has 1 fully saturated rings. The number of primary amides is 1. The number of rotatable bonds is 9. The van der Waals surface area contributed by atoms with Gasteiger partial charge in [0.15, 0.2) is 5.03 Å². The van der Waals surface area contributed by atoms with Crippen LogP contribution in [-0.4, -0.2) is 47.2 Å². The first kappa shape index (κ1) is 29.6. The summed E-state index contributed by atoms with van der Waals surface area (Å²) in [6.07, 6.45) is 5.07. The van der Waals surface area contributed by atoms with Gasteiger partial charge < -0.3 is 15.4 Å². The fourth-order valence-corrected chi connectivity index (χ4v) is 7.39. The van der Waals surface area contributed by atoms with Crippen LogP contribution in [0.25, 0.3) is 0 Å². The minimum atomic E-state index is -4.29. The minimum absolute atomic E-state index is 0.148. The zero-order valence-electron chi connectivity index (χ0n) is 24.6. The van der Waals surface area contributed by atoms with Gasteiger partial charge in [-0.2, -0.15) is 13.4 Å². The lowest BCUT2D eigenvalue weighted by Gasteiger charge is -2.44. The second kappa shape index (κ2) is 11.3. The predicted molar refractivity (Wildman–Crippen MR) is 157 cm³/mol. The van der Waals surface area contributed by atoms with E-state index in [1.54, 1.807) is 24.3 Å². The summed E-state index contributed by atoms with van der Waals surface area (Å²) in [7, 11) is -4.29. The van der Waals surface area contributed by atoms with Crippen LogP contribution in [-0.2, 0) is 14.8 Å². The van der Waals surface area contributed by atoms with Crippen LogP contribution in [0.4, 0.5) is 0 Å². The molecule has 1 aromatic carbocycles. The van der Waals surface area contributed by atoms with Gasteiger partial charge >= 0.3 is 0 Å². The Labute approximate surface area is 239 Å². The van der Waals surface area contributed by atoms with E-state index in [2.05, 4.69) is 39.6 Å². The van der Waals surface area contributed by atoms with Gasteiger partial charge in [0.25, 0.3) is 15.9 Å². The molecular formula is C31H42N4O4S. The Hall–Kier alpha value is -3.33. The average Bonchev–Trinajstić information content (AvgIpc) is 3.13. The van der Waals surface area contributed by atoms with E-state index >= 15 is 0 Å². The van der Waals surface area contributed by atoms with Crippen LogP contribution in [0.1, 0.15) is 70.2 Å². The quantitative estimate of drug-likeness (QED) is 0.445. The monoisotopic (exact) mass is 566 g/mol. The molecule has 3 heterocycles. The van der Waals surface area contributed by atoms with Crippen molar-refractivity contribution < 1.29 is 17.9 Å². The minimum Gasteiger partial charge on any atom is -0.478 e. The Bertz CT molecular complexity index is 1420. The Balaban J connectivity index is 1.92. The lowest BCUT2D eigenvalue weighted by Crippen LogP contribution is -2.49. The SMILES string of the molecule is Cc1cc(C)cc(C2C=CC(C(N)=O)=C(N3C[C@@H](C)CC3(C)C)N2S(=O)(=O)c2cccc(OCCC(C)C)n2)c1. The van der Waals surface area contributed by atoms with Crippen molar-refractivity contribution in [3.05, 3.63) is 76.6 Å². The molecule has 4 rings (SSSR count). The van der Waals surface area contributed by atoms with Crippen LogP contribution in [0, 0.1) is 25.7 Å². The first-order valence-electron chi connectivity index (χ1n) is 13.9. The number of sulfonamides is 1. The highest BCUT2D eigenvalue weighted by atomic mass is 32.2. The molecule has 1 amide bonds. The summed E-state index contributed by atoms with van der Waals surface area (Å²) in [6, 6.07) is 10.1. The molecule has 2 aromatic rings. The number of hydrogen-bond acceptors (Lipinski definition) is 6. The zero-order valence-corrected chi connectivity index (χ0v) is 25.5. The number of nitrogens with zero attached hydrogens (tertiary/aromatic N) is 3. The Kier molecular flexibility index (Phi) is 8.36. The molecule has 1 unspecified atom stereocenters. The maximum absolute atomic E-state index is 14.7. The molecule has 2 aliphatic heterocycles. The van der Waals surface area contributed by atoms with E-state index in [0.717, 1.165) is 29.5 Å². The number of nitrogens with two attached hydrogens (primary N) is 1. The molecule has 216 valence electrons. The van der Waals surface area contributed by atoms with Crippen molar-refractivity contribution in [3.8, 4) is 5.88 Å². The Morgan fingerprint density at radius 2 is 1.85 bits per heavy atom. The third-order valence-electron chi connectivity index (χ3n) is 7.49. The average molecular weight is 567 g/mol. The molecule has 0 radical (unpaired) electrons. The highest BCUT2D eigenvalue weighted by molar-refractivity contribution is 7.89. The van der Waals surface area contributed by atoms with E-state index in [1.165, 1.54) is 10.4 Å². The van der Waals surface area contributed by atoms with E-state index in [1.807, 2.05) is 36.9 Å². The standard InChI is InChI=1S/C31H42N4O4S/c1-20(2)13-14-39-27-9-8-10-28(33-27)40(37,38)35-26(24-16-21(3)15-22(4)17-24)12-11-25(29(32)36)30(35)34-19-23(5)18-31(34,6)7/h8-12,15-17,20,23,26H,13-14,18-19H2,1-7H3,(H2,32,36)/t23-,26?/m0/s1. The maximum Gasteiger partial charge on any atom is 0.283 e. The lowest BCUT2D eigenvalue weighted by molar-refractivity contribution is -0.114. The number of ether oxygens (including phenoxy) is 1. The van der Waals surface area contributed by atoms with E-state index in [9.17, 15) is 13.2 Å². The van der Waals surface area contributed by atoms with Gasteiger partial charge in [0, 0.05) is 18.2 Å². The first-order valence-corrected chi connectivity index (χ1v) is 15.4. The van der Waals surface area contributed by atoms with Crippen molar-refractivity contribution in [3.63, 3.8) is 0 Å². The number of aromatic nitrogens is 1. The maximum atomic E-state index is 14.7. The lowest BCUT2D eigenvalue weighted by atomic mass is 9.95. The highest BCUT2D eigenvalue weighted by Crippen LogP contribution is 2.44. The zero-order chi connectivity index (χ0) is 29.4. The summed E-state index contributed by atoms with van der Waals surface area (Å²) in [6.45, 7) is 15.4. The molecule has 40 heavy (non-hydrogen) atoms. The van der Waals surface area contributed by atoms with E-state index in [-0.39, 0.29) is 16.5 Å². The van der Waals surface area contributed by atoms with Crippen LogP contribution >= 0.6 is 0 Å². The second-order valence-corrected chi connectivity index (χ2v) is 14.0. The molecule has 2 N–H and O–H groups in total. The summed E-state index contributed by atoms with van der Waals surface area (Å²) in [5.41, 5.74) is 8.48. The van der Waals surface area contributed by atoms with Gasteiger partial charge in [0.1, 0.15) is 5.82 Å². The van der Waals surface area contributed by atoms with Gasteiger partial charge in [0.05, 0.1) is 18.2 Å². The molecule has 9 heteroatoms. The molecular weight excluding hydrogens is 524 g/mol. The van der Waals surface area contributed by atoms with Gasteiger partial charge in [0.2, 0.25) is 5.88 Å². The number of benzene rings is 1. The summed E-state index contributed by atoms with van der Waals surface area (Å²) >= 11 is 0. The molecule has 0 saturated carbocycles. The van der Waals surface area contributed by atoms with Gasteiger partial charge in [-0.1, -0.05) is 62.2 Å². The molecule has 1 aromatic heterocycles. The van der Waals surface area contributed by atoms with Crippen LogP contribution in [0.3, 0.4) is 0 Å². The molecule has 0 spiro atoms. The van der Waals surface area contributed by atoms with Gasteiger partial charge in [-0.05, 0) is 70.1 Å². The third kappa shape index (κ3) is 6.04. The fraction of sp³-hybridized carbons (Fsp3) is 0.484. The number of hydrogen-bond donors (Lipinski definition) is 1. The number of carbonyl (C=O) groups excluding carboxylic acids is 1. The molecule has 1 saturated heterocycles. The number of amides is 1. The predicted octanol–water partition coefficient (Wildman–Crippen LogP) is 5.24. The van der Waals surface area contributed by atoms with E-state index in [0.29, 0.717) is 30.8 Å². The van der Waals surface area contributed by atoms with Crippen molar-refractivity contribution in [2.45, 2.75) is 77.9 Å². The van der Waals surface area contributed by atoms with Gasteiger partial charge in [-0.25, -0.2) is 4.31 Å². The van der Waals surface area contributed by atoms with Gasteiger partial charge in [-0.15, -0.1) is 0 Å². The summed E-state index contributed by atoms with van der Waals surface area (Å²) in [5, 5.41) is -0.148. The Morgan fingerprint density at radius 1 is 1.18 bits per heavy atom. The number of pyridine rings is 1. The highest BCUT2D eigenvalue weighted by Gasteiger charge is 2.47. The summed E-state index contributed by atoms with van der Waals surface area (Å²) in [4.78, 5) is 19.3. The van der Waals surface area contributed by atoms with Crippen molar-refractivity contribution >= 4 is 15.9 Å². The normalized spacial score (nSPS) is 20.9. The molecule has 0 bridgehead atoms. The molecule has 2 aliphatic rings. The first-order chi connectivity index (χ1) is 18.7. The number of likely N-dealkylation sites (tertiary alicyclic amines) is 1. The van der Waals surface area contributed by atoms with Crippen molar-refractivity contribution in [1.29, 1.82) is 0 Å². The van der Waals surface area contributed by atoms with E-state index in [4.69, 9.17) is 10.5 Å². The van der Waals surface area contributed by atoms with Crippen molar-refractivity contribution in [2.75, 3.05) is 13.2 Å². The topological polar surface area (TPSA) is 106 Å². The van der Waals surface area contributed by atoms with Crippen LogP contribution in [0.2, 0.25) is 0 Å². The number of aryl methyl sites for hydroxylation is 2. The molecule has 8 nitrogen and oxygen atoms in total. The largest absolute Gasteiger partial charge is 0.478 e. The van der Waals surface area contributed by atoms with Crippen LogP contribution < -0.4 is 10.5 Å². The van der Waals surface area contributed by atoms with Crippen molar-refractivity contribution in [1.82, 2.24) is 14.2 Å². The van der Waals surface area contributed by atoms with Crippen molar-refractivity contribution in [2.24, 2.45) is 17.6 Å². The smallest absolute Gasteiger partial charge is 0.283 e. The molecule has 2 atom stereocenters. The molecule has 0 aliphatic carbocycles. The summed E-state index contributed by atoms with van der Waals surface area (Å²) < 4.78 is 36.5. The number of carbonyl (C=O) groups is 1. The Morgan fingerprint density at radius 3 is 2.42 bits per heavy atom. The summed E-state index contributed by atoms with van der Waals surface area (Å²) in [5.74, 6) is 0.591. The fourth-order valence-electron chi connectivity index (χ4n) is 5.82. The second-order valence-electron chi connectivity index (χ2n) is 12.2. The van der Waals surface area contributed by atoms with Crippen LogP contribution in [0.5, 0.6) is 5.88 Å².